The molecule has 0 atom stereocenters. The molecule has 0 heterocycles. The van der Waals surface area contributed by atoms with Crippen molar-refractivity contribution in [2.24, 2.45) is 0 Å². The Labute approximate surface area is 103 Å². The van der Waals surface area contributed by atoms with Gasteiger partial charge in [0.2, 0.25) is 0 Å². The first-order valence-electron chi connectivity index (χ1n) is 5.89. The van der Waals surface area contributed by atoms with E-state index >= 15 is 0 Å². The van der Waals surface area contributed by atoms with Crippen molar-refractivity contribution in [3.63, 3.8) is 0 Å². The van der Waals surface area contributed by atoms with E-state index in [1.54, 1.807) is 14.0 Å². The maximum atomic E-state index is 10.8. The van der Waals surface area contributed by atoms with Gasteiger partial charge in [-0.25, -0.2) is 0 Å². The van der Waals surface area contributed by atoms with Crippen molar-refractivity contribution in [2.45, 2.75) is 33.7 Å². The third kappa shape index (κ3) is 4.19. The van der Waals surface area contributed by atoms with Gasteiger partial charge in [-0.1, -0.05) is 6.07 Å². The van der Waals surface area contributed by atoms with Crippen molar-refractivity contribution in [2.75, 3.05) is 13.7 Å². The van der Waals surface area contributed by atoms with Crippen LogP contribution < -0.4 is 10.1 Å². The number of aryl methyl sites for hydroxylation is 2. The Kier molecular flexibility index (Phi) is 5.16. The molecule has 0 aliphatic rings. The first-order chi connectivity index (χ1) is 8.04. The van der Waals surface area contributed by atoms with Crippen LogP contribution in [0.3, 0.4) is 0 Å². The van der Waals surface area contributed by atoms with Gasteiger partial charge >= 0.3 is 0 Å². The second-order valence-electron chi connectivity index (χ2n) is 4.38. The Morgan fingerprint density at radius 1 is 1.29 bits per heavy atom. The Bertz CT molecular complexity index is 399. The Hall–Kier alpha value is -1.35. The van der Waals surface area contributed by atoms with Crippen LogP contribution in [0.2, 0.25) is 0 Å². The Balaban J connectivity index is 2.59. The molecule has 3 heteroatoms. The fraction of sp³-hybridized carbons (Fsp3) is 0.500. The molecule has 0 fully saturated rings. The highest BCUT2D eigenvalue weighted by Gasteiger charge is 2.04. The topological polar surface area (TPSA) is 38.3 Å². The zero-order valence-electron chi connectivity index (χ0n) is 11.1. The van der Waals surface area contributed by atoms with Crippen LogP contribution in [0.25, 0.3) is 0 Å². The number of methoxy groups -OCH3 is 1. The van der Waals surface area contributed by atoms with Crippen LogP contribution in [0, 0.1) is 13.8 Å². The lowest BCUT2D eigenvalue weighted by molar-refractivity contribution is -0.116. The van der Waals surface area contributed by atoms with Crippen LogP contribution in [0.15, 0.2) is 12.1 Å². The fourth-order valence-corrected chi connectivity index (χ4v) is 1.75. The molecule has 1 rings (SSSR count). The molecule has 0 bridgehead atoms. The Morgan fingerprint density at radius 3 is 2.59 bits per heavy atom. The zero-order valence-corrected chi connectivity index (χ0v) is 11.1. The fourth-order valence-electron chi connectivity index (χ4n) is 1.75. The molecule has 0 saturated carbocycles. The van der Waals surface area contributed by atoms with Gasteiger partial charge in [0.1, 0.15) is 11.5 Å². The van der Waals surface area contributed by atoms with Gasteiger partial charge in [-0.3, -0.25) is 4.79 Å². The standard InChI is InChI=1S/C14H21NO2/c1-10-8-14(17-4)11(2)7-13(10)9-15-6-5-12(3)16/h7-8,15H,5-6,9H2,1-4H3. The molecular weight excluding hydrogens is 214 g/mol. The van der Waals surface area contributed by atoms with Crippen LogP contribution >= 0.6 is 0 Å². The zero-order chi connectivity index (χ0) is 12.8. The van der Waals surface area contributed by atoms with E-state index < -0.39 is 0 Å². The molecular formula is C14H21NO2. The van der Waals surface area contributed by atoms with E-state index in [1.165, 1.54) is 11.1 Å². The van der Waals surface area contributed by atoms with E-state index in [9.17, 15) is 4.79 Å². The van der Waals surface area contributed by atoms with Gasteiger partial charge in [-0.15, -0.1) is 0 Å². The molecule has 0 aliphatic carbocycles. The summed E-state index contributed by atoms with van der Waals surface area (Å²) < 4.78 is 5.27. The SMILES string of the molecule is COc1cc(C)c(CNCCC(C)=O)cc1C. The third-order valence-corrected chi connectivity index (χ3v) is 2.82. The van der Waals surface area contributed by atoms with Crippen LogP contribution in [-0.2, 0) is 11.3 Å². The van der Waals surface area contributed by atoms with E-state index in [0.29, 0.717) is 6.42 Å². The predicted octanol–water partition coefficient (Wildman–Crippen LogP) is 2.38. The van der Waals surface area contributed by atoms with E-state index in [2.05, 4.69) is 24.4 Å². The van der Waals surface area contributed by atoms with Crippen LogP contribution in [0.1, 0.15) is 30.0 Å². The lowest BCUT2D eigenvalue weighted by atomic mass is 10.0. The number of hydrogen-bond donors (Lipinski definition) is 1. The van der Waals surface area contributed by atoms with Crippen LogP contribution in [-0.4, -0.2) is 19.4 Å². The summed E-state index contributed by atoms with van der Waals surface area (Å²) >= 11 is 0. The molecule has 1 aromatic carbocycles. The summed E-state index contributed by atoms with van der Waals surface area (Å²) in [6.07, 6.45) is 0.591. The number of benzene rings is 1. The molecule has 0 aliphatic heterocycles. The minimum atomic E-state index is 0.222. The molecule has 0 aromatic heterocycles. The highest BCUT2D eigenvalue weighted by atomic mass is 16.5. The largest absolute Gasteiger partial charge is 0.496 e. The molecule has 3 nitrogen and oxygen atoms in total. The number of hydrogen-bond acceptors (Lipinski definition) is 3. The number of nitrogens with one attached hydrogen (secondary N) is 1. The average Bonchev–Trinajstić information content (AvgIpc) is 2.28. The lowest BCUT2D eigenvalue weighted by Crippen LogP contribution is -2.17. The number of carbonyl (C=O) groups is 1. The van der Waals surface area contributed by atoms with Crippen molar-refractivity contribution in [3.05, 3.63) is 28.8 Å². The van der Waals surface area contributed by atoms with Crippen molar-refractivity contribution in [1.29, 1.82) is 0 Å². The molecule has 17 heavy (non-hydrogen) atoms. The van der Waals surface area contributed by atoms with Crippen molar-refractivity contribution in [1.82, 2.24) is 5.32 Å². The first-order valence-corrected chi connectivity index (χ1v) is 5.89. The molecule has 1 N–H and O–H groups in total. The lowest BCUT2D eigenvalue weighted by Gasteiger charge is -2.11. The minimum absolute atomic E-state index is 0.222. The summed E-state index contributed by atoms with van der Waals surface area (Å²) in [6.45, 7) is 7.26. The quantitative estimate of drug-likeness (QED) is 0.769. The molecule has 0 spiro atoms. The van der Waals surface area contributed by atoms with Gasteiger partial charge in [0, 0.05) is 19.5 Å². The number of ketones is 1. The number of rotatable bonds is 6. The summed E-state index contributed by atoms with van der Waals surface area (Å²) in [7, 11) is 1.69. The maximum Gasteiger partial charge on any atom is 0.131 e. The molecule has 0 radical (unpaired) electrons. The third-order valence-electron chi connectivity index (χ3n) is 2.82. The van der Waals surface area contributed by atoms with Gasteiger partial charge in [-0.05, 0) is 43.5 Å². The minimum Gasteiger partial charge on any atom is -0.496 e. The molecule has 0 saturated heterocycles. The summed E-state index contributed by atoms with van der Waals surface area (Å²) in [4.78, 5) is 10.8. The van der Waals surface area contributed by atoms with Gasteiger partial charge in [0.05, 0.1) is 7.11 Å². The normalized spacial score (nSPS) is 10.4. The second kappa shape index (κ2) is 6.40. The maximum absolute atomic E-state index is 10.8. The van der Waals surface area contributed by atoms with Crippen molar-refractivity contribution < 1.29 is 9.53 Å². The van der Waals surface area contributed by atoms with E-state index in [1.807, 2.05) is 6.92 Å². The highest BCUT2D eigenvalue weighted by Crippen LogP contribution is 2.22. The van der Waals surface area contributed by atoms with Gasteiger partial charge in [0.25, 0.3) is 0 Å². The molecule has 0 unspecified atom stereocenters. The second-order valence-corrected chi connectivity index (χ2v) is 4.38. The van der Waals surface area contributed by atoms with Gasteiger partial charge in [-0.2, -0.15) is 0 Å². The van der Waals surface area contributed by atoms with E-state index in [0.717, 1.165) is 24.4 Å². The van der Waals surface area contributed by atoms with Gasteiger partial charge in [0.15, 0.2) is 0 Å². The van der Waals surface area contributed by atoms with Crippen molar-refractivity contribution >= 4 is 5.78 Å². The smallest absolute Gasteiger partial charge is 0.131 e. The summed E-state index contributed by atoms with van der Waals surface area (Å²) in [5, 5.41) is 3.28. The van der Waals surface area contributed by atoms with Crippen molar-refractivity contribution in [3.8, 4) is 5.75 Å². The van der Waals surface area contributed by atoms with Crippen LogP contribution in [0.4, 0.5) is 0 Å². The van der Waals surface area contributed by atoms with E-state index in [4.69, 9.17) is 4.74 Å². The number of ether oxygens (including phenoxy) is 1. The summed E-state index contributed by atoms with van der Waals surface area (Å²) in [5.41, 5.74) is 3.61. The summed E-state index contributed by atoms with van der Waals surface area (Å²) in [6, 6.07) is 4.19. The molecule has 0 amide bonds. The number of Topliss-reactive ketones (excluding diaryl/α,β-unsaturated/α-hetero) is 1. The van der Waals surface area contributed by atoms with Gasteiger partial charge < -0.3 is 10.1 Å². The summed E-state index contributed by atoms with van der Waals surface area (Å²) in [5.74, 6) is 1.15. The first kappa shape index (κ1) is 13.7. The van der Waals surface area contributed by atoms with E-state index in [-0.39, 0.29) is 5.78 Å². The predicted molar refractivity (Wildman–Crippen MR) is 69.5 cm³/mol. The average molecular weight is 235 g/mol. The Morgan fingerprint density at radius 2 is 2.00 bits per heavy atom. The molecule has 1 aromatic rings. The highest BCUT2D eigenvalue weighted by molar-refractivity contribution is 5.75. The number of carbonyl (C=O) groups excluding carboxylic acids is 1. The monoisotopic (exact) mass is 235 g/mol. The molecule has 94 valence electrons. The van der Waals surface area contributed by atoms with Crippen LogP contribution in [0.5, 0.6) is 5.75 Å².